The first kappa shape index (κ1) is 16.0. The minimum Gasteiger partial charge on any atom is -0.306 e. The number of halogens is 2. The van der Waals surface area contributed by atoms with Gasteiger partial charge in [-0.1, -0.05) is 0 Å². The summed E-state index contributed by atoms with van der Waals surface area (Å²) in [6, 6.07) is 3.59. The number of likely N-dealkylation sites (tertiary alicyclic amines) is 1. The molecule has 0 unspecified atom stereocenters. The average molecular weight is 296 g/mol. The molecule has 0 saturated carbocycles. The van der Waals surface area contributed by atoms with E-state index in [0.29, 0.717) is 19.0 Å². The van der Waals surface area contributed by atoms with Crippen LogP contribution in [0.2, 0.25) is 0 Å². The molecule has 0 N–H and O–H groups in total. The van der Waals surface area contributed by atoms with Crippen molar-refractivity contribution in [1.29, 1.82) is 0 Å². The highest BCUT2D eigenvalue weighted by Crippen LogP contribution is 2.15. The molecule has 5 heteroatoms. The maximum Gasteiger partial charge on any atom is 0.164 e. The van der Waals surface area contributed by atoms with Gasteiger partial charge >= 0.3 is 0 Å². The van der Waals surface area contributed by atoms with Crippen molar-refractivity contribution < 1.29 is 13.6 Å². The second kappa shape index (κ2) is 7.09. The molecular weight excluding hydrogens is 274 g/mol. The predicted molar refractivity (Wildman–Crippen MR) is 78.5 cm³/mol. The SMILES string of the molecule is CN(C)C1CCN(CCC(=O)c2cc(F)cc(F)c2)CC1. The number of nitrogens with zero attached hydrogens (tertiary/aromatic N) is 2. The number of ketones is 1. The maximum atomic E-state index is 13.1. The summed E-state index contributed by atoms with van der Waals surface area (Å²) in [6.07, 6.45) is 2.49. The molecule has 0 spiro atoms. The minimum absolute atomic E-state index is 0.121. The molecule has 116 valence electrons. The predicted octanol–water partition coefficient (Wildman–Crippen LogP) is 2.56. The minimum atomic E-state index is -0.704. The summed E-state index contributed by atoms with van der Waals surface area (Å²) in [7, 11) is 4.17. The Bertz CT molecular complexity index is 477. The van der Waals surface area contributed by atoms with Crippen molar-refractivity contribution in [3.63, 3.8) is 0 Å². The van der Waals surface area contributed by atoms with E-state index in [1.54, 1.807) is 0 Å². The van der Waals surface area contributed by atoms with Crippen LogP contribution in [0, 0.1) is 11.6 Å². The highest BCUT2D eigenvalue weighted by molar-refractivity contribution is 5.96. The Morgan fingerprint density at radius 1 is 1.19 bits per heavy atom. The van der Waals surface area contributed by atoms with Crippen LogP contribution in [0.5, 0.6) is 0 Å². The van der Waals surface area contributed by atoms with Gasteiger partial charge in [-0.2, -0.15) is 0 Å². The van der Waals surface area contributed by atoms with E-state index in [1.807, 2.05) is 0 Å². The second-order valence-corrected chi connectivity index (χ2v) is 5.87. The monoisotopic (exact) mass is 296 g/mol. The van der Waals surface area contributed by atoms with Crippen LogP contribution in [0.1, 0.15) is 29.6 Å². The fourth-order valence-corrected chi connectivity index (χ4v) is 2.78. The highest BCUT2D eigenvalue weighted by atomic mass is 19.1. The third kappa shape index (κ3) is 4.58. The quantitative estimate of drug-likeness (QED) is 0.780. The molecule has 0 radical (unpaired) electrons. The van der Waals surface area contributed by atoms with Crippen molar-refractivity contribution in [2.24, 2.45) is 0 Å². The largest absolute Gasteiger partial charge is 0.306 e. The first-order valence-corrected chi connectivity index (χ1v) is 7.34. The molecule has 1 fully saturated rings. The summed E-state index contributed by atoms with van der Waals surface area (Å²) >= 11 is 0. The van der Waals surface area contributed by atoms with Crippen LogP contribution in [0.25, 0.3) is 0 Å². The number of carbonyl (C=O) groups excluding carboxylic acids is 1. The van der Waals surface area contributed by atoms with Crippen molar-refractivity contribution in [1.82, 2.24) is 9.80 Å². The van der Waals surface area contributed by atoms with Crippen LogP contribution in [0.4, 0.5) is 8.78 Å². The maximum absolute atomic E-state index is 13.1. The third-order valence-electron chi connectivity index (χ3n) is 4.13. The van der Waals surface area contributed by atoms with Crippen molar-refractivity contribution in [3.05, 3.63) is 35.4 Å². The Morgan fingerprint density at radius 2 is 1.76 bits per heavy atom. The topological polar surface area (TPSA) is 23.6 Å². The first-order chi connectivity index (χ1) is 9.95. The zero-order valence-electron chi connectivity index (χ0n) is 12.6. The average Bonchev–Trinajstić information content (AvgIpc) is 2.44. The summed E-state index contributed by atoms with van der Waals surface area (Å²) in [5.74, 6) is -1.61. The zero-order chi connectivity index (χ0) is 15.4. The standard InChI is InChI=1S/C16H22F2N2O/c1-19(2)15-3-6-20(7-4-15)8-5-16(21)12-9-13(17)11-14(18)10-12/h9-11,15H,3-8H2,1-2H3. The molecule has 3 nitrogen and oxygen atoms in total. The molecule has 1 aliphatic heterocycles. The van der Waals surface area contributed by atoms with E-state index in [0.717, 1.165) is 44.1 Å². The van der Waals surface area contributed by atoms with Crippen LogP contribution in [-0.2, 0) is 0 Å². The van der Waals surface area contributed by atoms with Crippen LogP contribution in [-0.4, -0.2) is 55.4 Å². The van der Waals surface area contributed by atoms with E-state index in [1.165, 1.54) is 0 Å². The van der Waals surface area contributed by atoms with E-state index in [9.17, 15) is 13.6 Å². The number of hydrogen-bond donors (Lipinski definition) is 0. The number of carbonyl (C=O) groups is 1. The molecule has 1 aliphatic rings. The molecule has 0 aliphatic carbocycles. The third-order valence-corrected chi connectivity index (χ3v) is 4.13. The Kier molecular flexibility index (Phi) is 5.42. The van der Waals surface area contributed by atoms with E-state index < -0.39 is 11.6 Å². The molecule has 0 atom stereocenters. The van der Waals surface area contributed by atoms with Crippen molar-refractivity contribution in [2.45, 2.75) is 25.3 Å². The Morgan fingerprint density at radius 3 is 2.29 bits per heavy atom. The summed E-state index contributed by atoms with van der Waals surface area (Å²) in [5, 5.41) is 0. The van der Waals surface area contributed by atoms with Gasteiger partial charge in [0.05, 0.1) is 0 Å². The number of piperidine rings is 1. The molecule has 1 aromatic rings. The lowest BCUT2D eigenvalue weighted by Crippen LogP contribution is -2.42. The molecule has 1 aromatic carbocycles. The van der Waals surface area contributed by atoms with Crippen molar-refractivity contribution in [2.75, 3.05) is 33.7 Å². The molecule has 1 heterocycles. The molecule has 1 saturated heterocycles. The summed E-state index contributed by atoms with van der Waals surface area (Å²) in [6.45, 7) is 2.58. The van der Waals surface area contributed by atoms with Gasteiger partial charge in [0.25, 0.3) is 0 Å². The lowest BCUT2D eigenvalue weighted by molar-refractivity contribution is 0.0939. The highest BCUT2D eigenvalue weighted by Gasteiger charge is 2.21. The molecule has 0 aromatic heterocycles. The fraction of sp³-hybridized carbons (Fsp3) is 0.562. The van der Waals surface area contributed by atoms with Crippen LogP contribution >= 0.6 is 0 Å². The Balaban J connectivity index is 1.82. The molecular formula is C16H22F2N2O. The number of hydrogen-bond acceptors (Lipinski definition) is 3. The Hall–Kier alpha value is -1.33. The van der Waals surface area contributed by atoms with Gasteiger partial charge in [-0.05, 0) is 52.2 Å². The summed E-state index contributed by atoms with van der Waals surface area (Å²) in [5.41, 5.74) is 0.121. The molecule has 21 heavy (non-hydrogen) atoms. The van der Waals surface area contributed by atoms with E-state index in [4.69, 9.17) is 0 Å². The lowest BCUT2D eigenvalue weighted by Gasteiger charge is -2.35. The smallest absolute Gasteiger partial charge is 0.164 e. The number of rotatable bonds is 5. The van der Waals surface area contributed by atoms with Gasteiger partial charge < -0.3 is 9.80 Å². The van der Waals surface area contributed by atoms with Gasteiger partial charge in [0.1, 0.15) is 11.6 Å². The number of benzene rings is 1. The van der Waals surface area contributed by atoms with E-state index >= 15 is 0 Å². The second-order valence-electron chi connectivity index (χ2n) is 5.87. The first-order valence-electron chi connectivity index (χ1n) is 7.34. The summed E-state index contributed by atoms with van der Waals surface area (Å²) in [4.78, 5) is 16.5. The number of Topliss-reactive ketones (excluding diaryl/α,β-unsaturated/α-hetero) is 1. The van der Waals surface area contributed by atoms with Crippen molar-refractivity contribution in [3.8, 4) is 0 Å². The van der Waals surface area contributed by atoms with Crippen molar-refractivity contribution >= 4 is 5.78 Å². The summed E-state index contributed by atoms with van der Waals surface area (Å²) < 4.78 is 26.2. The van der Waals surface area contributed by atoms with Gasteiger partial charge in [-0.15, -0.1) is 0 Å². The van der Waals surface area contributed by atoms with Gasteiger partial charge in [-0.3, -0.25) is 4.79 Å². The van der Waals surface area contributed by atoms with Crippen LogP contribution in [0.15, 0.2) is 18.2 Å². The van der Waals surface area contributed by atoms with Crippen LogP contribution in [0.3, 0.4) is 0 Å². The zero-order valence-corrected chi connectivity index (χ0v) is 12.6. The van der Waals surface area contributed by atoms with Gasteiger partial charge in [0, 0.05) is 30.6 Å². The molecule has 0 amide bonds. The fourth-order valence-electron chi connectivity index (χ4n) is 2.78. The Labute approximate surface area is 124 Å². The molecule has 2 rings (SSSR count). The molecule has 0 bridgehead atoms. The van der Waals surface area contributed by atoms with Gasteiger partial charge in [0.2, 0.25) is 0 Å². The van der Waals surface area contributed by atoms with Gasteiger partial charge in [-0.25, -0.2) is 8.78 Å². The normalized spacial score (nSPS) is 17.4. The van der Waals surface area contributed by atoms with E-state index in [2.05, 4.69) is 23.9 Å². The van der Waals surface area contributed by atoms with Crippen LogP contribution < -0.4 is 0 Å². The lowest BCUT2D eigenvalue weighted by atomic mass is 10.0. The van der Waals surface area contributed by atoms with Gasteiger partial charge in [0.15, 0.2) is 5.78 Å². The van der Waals surface area contributed by atoms with E-state index in [-0.39, 0.29) is 11.3 Å².